The first kappa shape index (κ1) is 19.3. The highest BCUT2D eigenvalue weighted by Gasteiger charge is 2.16. The second-order valence-electron chi connectivity index (χ2n) is 6.13. The molecule has 2 heterocycles. The number of aryl methyl sites for hydroxylation is 1. The highest BCUT2D eigenvalue weighted by atomic mass is 32.2. The van der Waals surface area contributed by atoms with Crippen LogP contribution in [-0.2, 0) is 5.75 Å². The molecule has 146 valence electrons. The Balaban J connectivity index is 1.48. The standard InChI is InChI=1S/C20H14FN3O3S2/c1-11-5-4-7-13-15(25)9-16(27-17(11)13)18(26)22-19-23-24-20(29-19)28-10-12-6-2-3-8-14(12)21/h2-9H,10H2,1H3,(H,22,23,26). The number of thioether (sulfide) groups is 1. The number of nitrogens with one attached hydrogen (secondary N) is 1. The fourth-order valence-electron chi connectivity index (χ4n) is 2.66. The molecule has 1 N–H and O–H groups in total. The largest absolute Gasteiger partial charge is 0.450 e. The molecular weight excluding hydrogens is 413 g/mol. The Morgan fingerprint density at radius 1 is 1.21 bits per heavy atom. The Bertz CT molecular complexity index is 1270. The molecule has 4 aromatic rings. The summed E-state index contributed by atoms with van der Waals surface area (Å²) in [4.78, 5) is 24.8. The van der Waals surface area contributed by atoms with E-state index in [4.69, 9.17) is 4.42 Å². The smallest absolute Gasteiger partial charge is 0.293 e. The van der Waals surface area contributed by atoms with Crippen molar-refractivity contribution >= 4 is 45.1 Å². The molecule has 2 aromatic heterocycles. The average Bonchev–Trinajstić information content (AvgIpc) is 3.15. The van der Waals surface area contributed by atoms with Crippen molar-refractivity contribution in [2.75, 3.05) is 5.32 Å². The fourth-order valence-corrected chi connectivity index (χ4v) is 4.40. The monoisotopic (exact) mass is 427 g/mol. The van der Waals surface area contributed by atoms with E-state index < -0.39 is 5.91 Å². The minimum atomic E-state index is -0.589. The van der Waals surface area contributed by atoms with Gasteiger partial charge in [-0.2, -0.15) is 0 Å². The maximum atomic E-state index is 13.7. The summed E-state index contributed by atoms with van der Waals surface area (Å²) in [5, 5.41) is 11.2. The van der Waals surface area contributed by atoms with E-state index in [9.17, 15) is 14.0 Å². The van der Waals surface area contributed by atoms with E-state index in [0.29, 0.717) is 26.6 Å². The van der Waals surface area contributed by atoms with Crippen LogP contribution in [0.25, 0.3) is 11.0 Å². The molecule has 0 unspecified atom stereocenters. The molecular formula is C20H14FN3O3S2. The molecule has 0 bridgehead atoms. The summed E-state index contributed by atoms with van der Waals surface area (Å²) in [6, 6.07) is 12.9. The number of benzene rings is 2. The van der Waals surface area contributed by atoms with Gasteiger partial charge in [-0.3, -0.25) is 14.9 Å². The normalized spacial score (nSPS) is 11.0. The summed E-state index contributed by atoms with van der Waals surface area (Å²) < 4.78 is 19.9. The highest BCUT2D eigenvalue weighted by Crippen LogP contribution is 2.29. The fraction of sp³-hybridized carbons (Fsp3) is 0.100. The van der Waals surface area contributed by atoms with E-state index in [1.165, 1.54) is 17.8 Å². The highest BCUT2D eigenvalue weighted by molar-refractivity contribution is 8.00. The van der Waals surface area contributed by atoms with Gasteiger partial charge in [-0.15, -0.1) is 10.2 Å². The number of hydrogen-bond acceptors (Lipinski definition) is 7. The summed E-state index contributed by atoms with van der Waals surface area (Å²) in [5.41, 5.74) is 1.41. The van der Waals surface area contributed by atoms with Gasteiger partial charge in [0, 0.05) is 11.8 Å². The number of hydrogen-bond donors (Lipinski definition) is 1. The van der Waals surface area contributed by atoms with Crippen LogP contribution in [0.5, 0.6) is 0 Å². The topological polar surface area (TPSA) is 85.1 Å². The Labute approximate surface area is 172 Å². The number of carbonyl (C=O) groups excluding carboxylic acids is 1. The van der Waals surface area contributed by atoms with Crippen LogP contribution in [0.15, 0.2) is 62.1 Å². The Hall–Kier alpha value is -3.04. The summed E-state index contributed by atoms with van der Waals surface area (Å²) >= 11 is 2.48. The lowest BCUT2D eigenvalue weighted by atomic mass is 10.1. The first-order valence-corrected chi connectivity index (χ1v) is 10.4. The molecule has 29 heavy (non-hydrogen) atoms. The van der Waals surface area contributed by atoms with Crippen molar-refractivity contribution in [3.63, 3.8) is 0 Å². The van der Waals surface area contributed by atoms with Gasteiger partial charge in [-0.25, -0.2) is 4.39 Å². The zero-order valence-corrected chi connectivity index (χ0v) is 16.8. The summed E-state index contributed by atoms with van der Waals surface area (Å²) in [7, 11) is 0. The van der Waals surface area contributed by atoms with E-state index in [-0.39, 0.29) is 22.1 Å². The van der Waals surface area contributed by atoms with Gasteiger partial charge in [0.25, 0.3) is 5.91 Å². The number of para-hydroxylation sites is 1. The van der Waals surface area contributed by atoms with Gasteiger partial charge >= 0.3 is 0 Å². The zero-order chi connectivity index (χ0) is 20.4. The average molecular weight is 427 g/mol. The molecule has 0 saturated carbocycles. The van der Waals surface area contributed by atoms with Crippen LogP contribution in [0.2, 0.25) is 0 Å². The maximum Gasteiger partial charge on any atom is 0.293 e. The molecule has 0 aliphatic rings. The first-order valence-electron chi connectivity index (χ1n) is 8.56. The molecule has 6 nitrogen and oxygen atoms in total. The van der Waals surface area contributed by atoms with Gasteiger partial charge in [0.1, 0.15) is 11.4 Å². The zero-order valence-electron chi connectivity index (χ0n) is 15.1. The van der Waals surface area contributed by atoms with Gasteiger partial charge in [-0.1, -0.05) is 53.4 Å². The van der Waals surface area contributed by atoms with Gasteiger partial charge in [-0.05, 0) is 30.2 Å². The molecule has 0 radical (unpaired) electrons. The van der Waals surface area contributed by atoms with Crippen LogP contribution in [-0.4, -0.2) is 16.1 Å². The third-order valence-electron chi connectivity index (χ3n) is 4.11. The van der Waals surface area contributed by atoms with Crippen molar-refractivity contribution in [3.05, 3.63) is 81.5 Å². The van der Waals surface area contributed by atoms with Gasteiger partial charge < -0.3 is 4.42 Å². The van der Waals surface area contributed by atoms with Crippen LogP contribution < -0.4 is 10.7 Å². The maximum absolute atomic E-state index is 13.7. The minimum Gasteiger partial charge on any atom is -0.450 e. The summed E-state index contributed by atoms with van der Waals surface area (Å²) in [6.45, 7) is 1.80. The second-order valence-corrected chi connectivity index (χ2v) is 8.33. The Morgan fingerprint density at radius 3 is 2.86 bits per heavy atom. The van der Waals surface area contributed by atoms with Gasteiger partial charge in [0.05, 0.1) is 5.39 Å². The van der Waals surface area contributed by atoms with Crippen molar-refractivity contribution in [1.82, 2.24) is 10.2 Å². The SMILES string of the molecule is Cc1cccc2c(=O)cc(C(=O)Nc3nnc(SCc4ccccc4F)s3)oc12. The van der Waals surface area contributed by atoms with Crippen molar-refractivity contribution < 1.29 is 13.6 Å². The molecule has 0 atom stereocenters. The molecule has 0 aliphatic carbocycles. The molecule has 0 saturated heterocycles. The van der Waals surface area contributed by atoms with Crippen molar-refractivity contribution in [3.8, 4) is 0 Å². The van der Waals surface area contributed by atoms with Crippen LogP contribution in [0, 0.1) is 12.7 Å². The number of nitrogens with zero attached hydrogens (tertiary/aromatic N) is 2. The van der Waals surface area contributed by atoms with E-state index in [1.54, 1.807) is 43.3 Å². The predicted molar refractivity (Wildman–Crippen MR) is 111 cm³/mol. The van der Waals surface area contributed by atoms with E-state index in [1.807, 2.05) is 0 Å². The molecule has 0 spiro atoms. The molecule has 0 fully saturated rings. The number of rotatable bonds is 5. The summed E-state index contributed by atoms with van der Waals surface area (Å²) in [5.74, 6) is -0.574. The number of carbonyl (C=O) groups is 1. The second kappa shape index (κ2) is 8.14. The van der Waals surface area contributed by atoms with Crippen molar-refractivity contribution in [2.24, 2.45) is 0 Å². The van der Waals surface area contributed by atoms with Crippen molar-refractivity contribution in [2.45, 2.75) is 17.0 Å². The minimum absolute atomic E-state index is 0.104. The molecule has 9 heteroatoms. The van der Waals surface area contributed by atoms with Crippen LogP contribution in [0.1, 0.15) is 21.7 Å². The molecule has 2 aromatic carbocycles. The lowest BCUT2D eigenvalue weighted by Gasteiger charge is -2.04. The van der Waals surface area contributed by atoms with Crippen LogP contribution in [0.4, 0.5) is 9.52 Å². The third kappa shape index (κ3) is 4.20. The van der Waals surface area contributed by atoms with E-state index in [0.717, 1.165) is 23.0 Å². The first-order chi connectivity index (χ1) is 14.0. The van der Waals surface area contributed by atoms with Crippen molar-refractivity contribution in [1.29, 1.82) is 0 Å². The lowest BCUT2D eigenvalue weighted by molar-refractivity contribution is 0.0997. The molecule has 1 amide bonds. The number of anilines is 1. The molecule has 4 rings (SSSR count). The van der Waals surface area contributed by atoms with Gasteiger partial charge in [0.15, 0.2) is 15.5 Å². The lowest BCUT2D eigenvalue weighted by Crippen LogP contribution is -2.15. The summed E-state index contributed by atoms with van der Waals surface area (Å²) in [6.07, 6.45) is 0. The predicted octanol–water partition coefficient (Wildman–Crippen LogP) is 4.64. The van der Waals surface area contributed by atoms with E-state index in [2.05, 4.69) is 15.5 Å². The van der Waals surface area contributed by atoms with Crippen LogP contribution >= 0.6 is 23.1 Å². The number of amides is 1. The quantitative estimate of drug-likeness (QED) is 0.369. The molecule has 0 aliphatic heterocycles. The number of halogens is 1. The third-order valence-corrected chi connectivity index (χ3v) is 6.13. The van der Waals surface area contributed by atoms with E-state index >= 15 is 0 Å². The Kier molecular flexibility index (Phi) is 5.41. The number of aromatic nitrogens is 2. The van der Waals surface area contributed by atoms with Gasteiger partial charge in [0.2, 0.25) is 5.13 Å². The van der Waals surface area contributed by atoms with Crippen LogP contribution in [0.3, 0.4) is 0 Å². The number of fused-ring (bicyclic) bond motifs is 1. The Morgan fingerprint density at radius 2 is 2.03 bits per heavy atom.